The number of aromatic hydroxyl groups is 1. The Bertz CT molecular complexity index is 1470. The van der Waals surface area contributed by atoms with Crippen molar-refractivity contribution >= 4 is 16.9 Å². The van der Waals surface area contributed by atoms with Crippen LogP contribution >= 0.6 is 0 Å². The molecule has 0 saturated heterocycles. The van der Waals surface area contributed by atoms with E-state index in [4.69, 9.17) is 4.74 Å². The van der Waals surface area contributed by atoms with Crippen molar-refractivity contribution in [3.8, 4) is 5.75 Å². The first kappa shape index (κ1) is 23.0. The maximum Gasteiger partial charge on any atom is 0.306 e. The summed E-state index contributed by atoms with van der Waals surface area (Å²) in [4.78, 5) is 46.3. The summed E-state index contributed by atoms with van der Waals surface area (Å²) in [5, 5.41) is 11.6. The van der Waals surface area contributed by atoms with Crippen molar-refractivity contribution in [3.63, 3.8) is 0 Å². The van der Waals surface area contributed by atoms with Crippen LogP contribution in [0.15, 0.2) is 58.5 Å². The van der Waals surface area contributed by atoms with Gasteiger partial charge in [-0.1, -0.05) is 18.2 Å². The van der Waals surface area contributed by atoms with E-state index in [0.717, 1.165) is 16.6 Å². The molecular weight excluding hydrogens is 436 g/mol. The molecule has 0 amide bonds. The molecule has 9 heteroatoms. The lowest BCUT2D eigenvalue weighted by molar-refractivity contribution is -0.140. The molecule has 0 unspecified atom stereocenters. The average molecular weight is 463 g/mol. The Labute approximate surface area is 195 Å². The highest BCUT2D eigenvalue weighted by Gasteiger charge is 2.29. The van der Waals surface area contributed by atoms with Gasteiger partial charge in [0.2, 0.25) is 0 Å². The summed E-state index contributed by atoms with van der Waals surface area (Å²) in [6.45, 7) is 2.06. The van der Waals surface area contributed by atoms with Crippen LogP contribution in [0.2, 0.25) is 0 Å². The molecule has 4 rings (SSSR count). The molecule has 0 aliphatic carbocycles. The molecule has 4 aromatic rings. The number of carbonyl (C=O) groups is 1. The first-order valence-electron chi connectivity index (χ1n) is 10.9. The Morgan fingerprint density at radius 1 is 1.21 bits per heavy atom. The molecule has 0 aliphatic heterocycles. The van der Waals surface area contributed by atoms with Gasteiger partial charge in [-0.3, -0.25) is 14.4 Å². The maximum absolute atomic E-state index is 13.6. The summed E-state index contributed by atoms with van der Waals surface area (Å²) < 4.78 is 7.88. The highest BCUT2D eigenvalue weighted by atomic mass is 16.5. The average Bonchev–Trinajstić information content (AvgIpc) is 3.34. The number of nitrogens with zero attached hydrogens (tertiary/aromatic N) is 3. The minimum Gasteiger partial charge on any atom is -0.507 e. The van der Waals surface area contributed by atoms with Gasteiger partial charge in [0.25, 0.3) is 11.1 Å². The third kappa shape index (κ3) is 4.24. The van der Waals surface area contributed by atoms with Crippen molar-refractivity contribution in [1.82, 2.24) is 19.1 Å². The van der Waals surface area contributed by atoms with Gasteiger partial charge in [-0.2, -0.15) is 0 Å². The Morgan fingerprint density at radius 2 is 1.97 bits per heavy atom. The smallest absolute Gasteiger partial charge is 0.306 e. The quantitative estimate of drug-likeness (QED) is 0.407. The molecule has 2 N–H and O–H groups in total. The molecule has 3 heterocycles. The van der Waals surface area contributed by atoms with E-state index in [0.29, 0.717) is 18.7 Å². The van der Waals surface area contributed by atoms with Gasteiger partial charge >= 0.3 is 5.97 Å². The molecule has 0 saturated carbocycles. The SMILES string of the molecule is COC(=O)C[C@H](c1c(O)cc(C)n(CCc2cnc[nH]2)c1=O)c1cc2ccccc2n(C)c1=O. The number of aromatic amines is 1. The van der Waals surface area contributed by atoms with Gasteiger partial charge in [-0.15, -0.1) is 0 Å². The largest absolute Gasteiger partial charge is 0.507 e. The number of aryl methyl sites for hydroxylation is 3. The molecule has 3 aromatic heterocycles. The molecule has 1 atom stereocenters. The number of hydrogen-bond donors (Lipinski definition) is 2. The minimum atomic E-state index is -0.984. The van der Waals surface area contributed by atoms with Gasteiger partial charge < -0.3 is 24.0 Å². The fourth-order valence-electron chi connectivity index (χ4n) is 4.34. The molecule has 176 valence electrons. The van der Waals surface area contributed by atoms with Crippen LogP contribution in [0, 0.1) is 6.92 Å². The number of fused-ring (bicyclic) bond motifs is 1. The number of aromatic nitrogens is 4. The normalized spacial score (nSPS) is 12.1. The zero-order valence-electron chi connectivity index (χ0n) is 19.2. The van der Waals surface area contributed by atoms with Crippen LogP contribution in [-0.2, 0) is 29.5 Å². The van der Waals surface area contributed by atoms with Gasteiger partial charge in [0.1, 0.15) is 5.75 Å². The topological polar surface area (TPSA) is 119 Å². The van der Waals surface area contributed by atoms with Gasteiger partial charge in [0.05, 0.1) is 30.9 Å². The Kier molecular flexibility index (Phi) is 6.36. The number of ether oxygens (including phenoxy) is 1. The third-order valence-corrected chi connectivity index (χ3v) is 6.17. The van der Waals surface area contributed by atoms with Gasteiger partial charge in [0.15, 0.2) is 0 Å². The summed E-state index contributed by atoms with van der Waals surface area (Å²) >= 11 is 0. The second kappa shape index (κ2) is 9.38. The van der Waals surface area contributed by atoms with Crippen molar-refractivity contribution in [2.45, 2.75) is 32.2 Å². The van der Waals surface area contributed by atoms with Crippen LogP contribution in [0.1, 0.15) is 34.9 Å². The van der Waals surface area contributed by atoms with E-state index < -0.39 is 17.4 Å². The van der Waals surface area contributed by atoms with E-state index in [1.807, 2.05) is 24.3 Å². The van der Waals surface area contributed by atoms with Crippen LogP contribution in [0.3, 0.4) is 0 Å². The van der Waals surface area contributed by atoms with Gasteiger partial charge in [-0.25, -0.2) is 4.98 Å². The minimum absolute atomic E-state index is 0.00649. The van der Waals surface area contributed by atoms with E-state index >= 15 is 0 Å². The van der Waals surface area contributed by atoms with Crippen molar-refractivity contribution in [2.24, 2.45) is 7.05 Å². The van der Waals surface area contributed by atoms with E-state index in [1.165, 1.54) is 22.3 Å². The van der Waals surface area contributed by atoms with Crippen LogP contribution in [-0.4, -0.2) is 37.3 Å². The number of para-hydroxylation sites is 1. The predicted molar refractivity (Wildman–Crippen MR) is 127 cm³/mol. The second-order valence-corrected chi connectivity index (χ2v) is 8.22. The molecule has 0 aliphatic rings. The summed E-state index contributed by atoms with van der Waals surface area (Å²) in [5.74, 6) is -1.84. The van der Waals surface area contributed by atoms with Gasteiger partial charge in [-0.05, 0) is 30.5 Å². The van der Waals surface area contributed by atoms with Crippen LogP contribution in [0.5, 0.6) is 5.75 Å². The summed E-state index contributed by atoms with van der Waals surface area (Å²) in [6.07, 6.45) is 3.50. The van der Waals surface area contributed by atoms with Gasteiger partial charge in [0, 0.05) is 49.1 Å². The number of carbonyl (C=O) groups excluding carboxylic acids is 1. The first-order valence-corrected chi connectivity index (χ1v) is 10.9. The van der Waals surface area contributed by atoms with E-state index in [1.54, 1.807) is 32.6 Å². The lowest BCUT2D eigenvalue weighted by Crippen LogP contribution is -2.32. The number of hydrogen-bond acceptors (Lipinski definition) is 6. The number of pyridine rings is 2. The molecule has 0 fully saturated rings. The van der Waals surface area contributed by atoms with Crippen molar-refractivity contribution in [3.05, 3.63) is 92.1 Å². The van der Waals surface area contributed by atoms with Crippen LogP contribution in [0.25, 0.3) is 10.9 Å². The number of methoxy groups -OCH3 is 1. The molecular formula is C25H26N4O5. The fourth-order valence-corrected chi connectivity index (χ4v) is 4.34. The number of imidazole rings is 1. The summed E-state index contributed by atoms with van der Waals surface area (Å²) in [5.41, 5.74) is 1.57. The number of benzene rings is 1. The Morgan fingerprint density at radius 3 is 2.68 bits per heavy atom. The predicted octanol–water partition coefficient (Wildman–Crippen LogP) is 2.38. The van der Waals surface area contributed by atoms with Crippen molar-refractivity contribution in [1.29, 1.82) is 0 Å². The zero-order valence-corrected chi connectivity index (χ0v) is 19.2. The zero-order chi connectivity index (χ0) is 24.4. The van der Waals surface area contributed by atoms with E-state index in [-0.39, 0.29) is 28.9 Å². The number of esters is 1. The molecule has 0 bridgehead atoms. The van der Waals surface area contributed by atoms with E-state index in [2.05, 4.69) is 9.97 Å². The lowest BCUT2D eigenvalue weighted by Gasteiger charge is -2.21. The molecule has 0 spiro atoms. The van der Waals surface area contributed by atoms with Crippen LogP contribution < -0.4 is 11.1 Å². The Hall–Kier alpha value is -4.14. The summed E-state index contributed by atoms with van der Waals surface area (Å²) in [6, 6.07) is 10.5. The Balaban J connectivity index is 1.90. The molecule has 0 radical (unpaired) electrons. The third-order valence-electron chi connectivity index (χ3n) is 6.17. The molecule has 9 nitrogen and oxygen atoms in total. The molecule has 34 heavy (non-hydrogen) atoms. The van der Waals surface area contributed by atoms with Crippen molar-refractivity contribution in [2.75, 3.05) is 7.11 Å². The monoisotopic (exact) mass is 462 g/mol. The summed E-state index contributed by atoms with van der Waals surface area (Å²) in [7, 11) is 2.89. The highest BCUT2D eigenvalue weighted by Crippen LogP contribution is 2.32. The second-order valence-electron chi connectivity index (χ2n) is 8.22. The fraction of sp³-hybridized carbons (Fsp3) is 0.280. The van der Waals surface area contributed by atoms with E-state index in [9.17, 15) is 19.5 Å². The first-order chi connectivity index (χ1) is 16.3. The van der Waals surface area contributed by atoms with Crippen molar-refractivity contribution < 1.29 is 14.6 Å². The standard InChI is InChI=1S/C25H26N4O5/c1-15-10-21(30)23(25(33)29(15)9-8-17-13-26-14-27-17)18(12-22(31)34-3)19-11-16-6-4-5-7-20(16)28(2)24(19)32/h4-7,10-11,13-14,18,30H,8-9,12H2,1-3H3,(H,26,27)/t18-/m0/s1. The number of H-pyrrole nitrogens is 1. The molecule has 1 aromatic carbocycles. The number of nitrogens with one attached hydrogen (secondary N) is 1. The highest BCUT2D eigenvalue weighted by molar-refractivity contribution is 5.80. The van der Waals surface area contributed by atoms with Crippen LogP contribution in [0.4, 0.5) is 0 Å². The lowest BCUT2D eigenvalue weighted by atomic mass is 9.88. The number of rotatable bonds is 7. The maximum atomic E-state index is 13.6.